The molecule has 1 amide bonds. The van der Waals surface area contributed by atoms with Gasteiger partial charge in [0.1, 0.15) is 0 Å². The molecule has 0 spiro atoms. The van der Waals surface area contributed by atoms with Crippen molar-refractivity contribution in [2.24, 2.45) is 5.73 Å². The number of unbranched alkanes of at least 4 members (excludes halogenated alkanes) is 1. The van der Waals surface area contributed by atoms with Gasteiger partial charge in [-0.2, -0.15) is 0 Å². The Morgan fingerprint density at radius 2 is 1.90 bits per heavy atom. The van der Waals surface area contributed by atoms with E-state index in [1.165, 1.54) is 5.56 Å². The number of hydrogen-bond donors (Lipinski definition) is 2. The molecule has 0 bridgehead atoms. The smallest absolute Gasteiger partial charge is 0.217 e. The molecule has 3 N–H and O–H groups in total. The van der Waals surface area contributed by atoms with Gasteiger partial charge in [0.2, 0.25) is 5.91 Å². The van der Waals surface area contributed by atoms with Gasteiger partial charge >= 0.3 is 0 Å². The fraction of sp³-hybridized carbons (Fsp3) is 0.533. The first-order valence-electron chi connectivity index (χ1n) is 6.87. The van der Waals surface area contributed by atoms with Crippen LogP contribution in [0.1, 0.15) is 24.8 Å². The molecule has 0 aliphatic carbocycles. The molecule has 0 fully saturated rings. The number of carbonyl (C=O) groups is 1. The van der Waals surface area contributed by atoms with E-state index in [0.29, 0.717) is 6.42 Å². The van der Waals surface area contributed by atoms with Gasteiger partial charge in [-0.25, -0.2) is 0 Å². The average molecular weight is 280 g/mol. The topological polar surface area (TPSA) is 73.6 Å². The maximum Gasteiger partial charge on any atom is 0.217 e. The largest absolute Gasteiger partial charge is 0.493 e. The van der Waals surface area contributed by atoms with Gasteiger partial charge in [0.25, 0.3) is 0 Å². The molecule has 5 heteroatoms. The fourth-order valence-corrected chi connectivity index (χ4v) is 1.94. The Labute approximate surface area is 120 Å². The summed E-state index contributed by atoms with van der Waals surface area (Å²) in [6.45, 7) is 1.80. The van der Waals surface area contributed by atoms with E-state index in [2.05, 4.69) is 5.32 Å². The lowest BCUT2D eigenvalue weighted by Gasteiger charge is -2.10. The highest BCUT2D eigenvalue weighted by atomic mass is 16.5. The SMILES string of the molecule is COc1ccc(CCNCCCCC(N)=O)cc1OC. The van der Waals surface area contributed by atoms with Gasteiger partial charge in [0, 0.05) is 6.42 Å². The van der Waals surface area contributed by atoms with Crippen molar-refractivity contribution < 1.29 is 14.3 Å². The van der Waals surface area contributed by atoms with Crippen LogP contribution in [0.15, 0.2) is 18.2 Å². The molecule has 0 saturated heterocycles. The summed E-state index contributed by atoms with van der Waals surface area (Å²) in [4.78, 5) is 10.6. The third-order valence-electron chi connectivity index (χ3n) is 3.07. The third-order valence-corrected chi connectivity index (χ3v) is 3.07. The maximum atomic E-state index is 10.6. The summed E-state index contributed by atoms with van der Waals surface area (Å²) in [5.41, 5.74) is 6.28. The minimum atomic E-state index is -0.227. The van der Waals surface area contributed by atoms with Crippen LogP contribution in [0.2, 0.25) is 0 Å². The van der Waals surface area contributed by atoms with Crippen LogP contribution in [0.4, 0.5) is 0 Å². The number of ether oxygens (including phenoxy) is 2. The molecular formula is C15H24N2O3. The Morgan fingerprint density at radius 1 is 1.15 bits per heavy atom. The highest BCUT2D eigenvalue weighted by molar-refractivity contribution is 5.73. The van der Waals surface area contributed by atoms with E-state index in [1.54, 1.807) is 14.2 Å². The van der Waals surface area contributed by atoms with Crippen LogP contribution in [0.3, 0.4) is 0 Å². The summed E-state index contributed by atoms with van der Waals surface area (Å²) in [6.07, 6.45) is 3.21. The molecule has 5 nitrogen and oxygen atoms in total. The normalized spacial score (nSPS) is 10.3. The van der Waals surface area contributed by atoms with Crippen molar-refractivity contribution in [3.8, 4) is 11.5 Å². The minimum absolute atomic E-state index is 0.227. The zero-order valence-electron chi connectivity index (χ0n) is 12.3. The van der Waals surface area contributed by atoms with Crippen LogP contribution < -0.4 is 20.5 Å². The number of hydrogen-bond acceptors (Lipinski definition) is 4. The predicted octanol–water partition coefficient (Wildman–Crippen LogP) is 1.49. The molecule has 1 rings (SSSR count). The fourth-order valence-electron chi connectivity index (χ4n) is 1.94. The molecule has 0 unspecified atom stereocenters. The lowest BCUT2D eigenvalue weighted by Crippen LogP contribution is -2.19. The number of primary amides is 1. The molecule has 0 aliphatic rings. The van der Waals surface area contributed by atoms with Crippen LogP contribution in [0, 0.1) is 0 Å². The molecule has 112 valence electrons. The van der Waals surface area contributed by atoms with Gasteiger partial charge in [-0.05, 0) is 50.0 Å². The van der Waals surface area contributed by atoms with E-state index < -0.39 is 0 Å². The Hall–Kier alpha value is -1.75. The lowest BCUT2D eigenvalue weighted by atomic mass is 10.1. The van der Waals surface area contributed by atoms with E-state index in [-0.39, 0.29) is 5.91 Å². The highest BCUT2D eigenvalue weighted by Crippen LogP contribution is 2.27. The van der Waals surface area contributed by atoms with E-state index in [4.69, 9.17) is 15.2 Å². The van der Waals surface area contributed by atoms with Crippen molar-refractivity contribution in [3.05, 3.63) is 23.8 Å². The Bertz CT molecular complexity index is 422. The van der Waals surface area contributed by atoms with Crippen molar-refractivity contribution in [1.82, 2.24) is 5.32 Å². The van der Waals surface area contributed by atoms with Crippen molar-refractivity contribution in [2.45, 2.75) is 25.7 Å². The molecule has 0 saturated carbocycles. The second-order valence-corrected chi connectivity index (χ2v) is 4.61. The number of methoxy groups -OCH3 is 2. The molecular weight excluding hydrogens is 256 g/mol. The van der Waals surface area contributed by atoms with Crippen molar-refractivity contribution in [2.75, 3.05) is 27.3 Å². The Morgan fingerprint density at radius 3 is 2.55 bits per heavy atom. The first-order chi connectivity index (χ1) is 9.67. The van der Waals surface area contributed by atoms with Crippen molar-refractivity contribution in [3.63, 3.8) is 0 Å². The summed E-state index contributed by atoms with van der Waals surface area (Å²) < 4.78 is 10.5. The molecule has 20 heavy (non-hydrogen) atoms. The zero-order chi connectivity index (χ0) is 14.8. The van der Waals surface area contributed by atoms with Crippen LogP contribution in [-0.4, -0.2) is 33.2 Å². The van der Waals surface area contributed by atoms with Gasteiger partial charge < -0.3 is 20.5 Å². The minimum Gasteiger partial charge on any atom is -0.493 e. The van der Waals surface area contributed by atoms with E-state index in [1.807, 2.05) is 18.2 Å². The number of nitrogens with two attached hydrogens (primary N) is 1. The molecule has 1 aromatic carbocycles. The van der Waals surface area contributed by atoms with Gasteiger partial charge in [0.15, 0.2) is 11.5 Å². The second kappa shape index (κ2) is 9.20. The molecule has 1 aromatic rings. The predicted molar refractivity (Wildman–Crippen MR) is 79.2 cm³/mol. The van der Waals surface area contributed by atoms with Crippen molar-refractivity contribution in [1.29, 1.82) is 0 Å². The van der Waals surface area contributed by atoms with Crippen LogP contribution in [-0.2, 0) is 11.2 Å². The summed E-state index contributed by atoms with van der Waals surface area (Å²) in [5.74, 6) is 1.28. The van der Waals surface area contributed by atoms with Gasteiger partial charge in [-0.3, -0.25) is 4.79 Å². The van der Waals surface area contributed by atoms with Crippen LogP contribution in [0.25, 0.3) is 0 Å². The maximum absolute atomic E-state index is 10.6. The number of carbonyl (C=O) groups excluding carboxylic acids is 1. The molecule has 0 aliphatic heterocycles. The molecule has 0 heterocycles. The summed E-state index contributed by atoms with van der Waals surface area (Å²) in [6, 6.07) is 5.95. The highest BCUT2D eigenvalue weighted by Gasteiger charge is 2.04. The van der Waals surface area contributed by atoms with Gasteiger partial charge in [-0.1, -0.05) is 6.07 Å². The monoisotopic (exact) mass is 280 g/mol. The zero-order valence-corrected chi connectivity index (χ0v) is 12.3. The standard InChI is InChI=1S/C15H24N2O3/c1-19-13-7-6-12(11-14(13)20-2)8-10-17-9-4-3-5-15(16)18/h6-7,11,17H,3-5,8-10H2,1-2H3,(H2,16,18). The third kappa shape index (κ3) is 5.93. The molecule has 0 radical (unpaired) electrons. The average Bonchev–Trinajstić information content (AvgIpc) is 2.45. The number of nitrogens with one attached hydrogen (secondary N) is 1. The van der Waals surface area contributed by atoms with E-state index in [0.717, 1.165) is 43.9 Å². The second-order valence-electron chi connectivity index (χ2n) is 4.61. The molecule has 0 atom stereocenters. The summed E-state index contributed by atoms with van der Waals surface area (Å²) in [7, 11) is 3.27. The van der Waals surface area contributed by atoms with Gasteiger partial charge in [-0.15, -0.1) is 0 Å². The summed E-state index contributed by atoms with van der Waals surface area (Å²) >= 11 is 0. The van der Waals surface area contributed by atoms with E-state index in [9.17, 15) is 4.79 Å². The number of amides is 1. The van der Waals surface area contributed by atoms with Crippen LogP contribution >= 0.6 is 0 Å². The first kappa shape index (κ1) is 16.3. The number of benzene rings is 1. The lowest BCUT2D eigenvalue weighted by molar-refractivity contribution is -0.118. The quantitative estimate of drug-likeness (QED) is 0.637. The Balaban J connectivity index is 2.23. The van der Waals surface area contributed by atoms with Crippen LogP contribution in [0.5, 0.6) is 11.5 Å². The first-order valence-corrected chi connectivity index (χ1v) is 6.87. The van der Waals surface area contributed by atoms with Crippen molar-refractivity contribution >= 4 is 5.91 Å². The number of rotatable bonds is 10. The van der Waals surface area contributed by atoms with Gasteiger partial charge in [0.05, 0.1) is 14.2 Å². The molecule has 0 aromatic heterocycles. The summed E-state index contributed by atoms with van der Waals surface area (Å²) in [5, 5.41) is 3.35. The van der Waals surface area contributed by atoms with E-state index >= 15 is 0 Å². The Kier molecular flexibility index (Phi) is 7.50.